The summed E-state index contributed by atoms with van der Waals surface area (Å²) in [5, 5.41) is 14.2. The zero-order valence-corrected chi connectivity index (χ0v) is 9.61. The number of anilines is 2. The molecule has 0 saturated carbocycles. The maximum absolute atomic E-state index is 11.2. The number of carboxylic acids is 1. The minimum Gasteiger partial charge on any atom is -0.478 e. The van der Waals surface area contributed by atoms with Gasteiger partial charge >= 0.3 is 12.1 Å². The minimum absolute atomic E-state index is 0.00454. The Morgan fingerprint density at radius 3 is 2.65 bits per heavy atom. The summed E-state index contributed by atoms with van der Waals surface area (Å²) in [4.78, 5) is 22.2. The van der Waals surface area contributed by atoms with E-state index in [0.29, 0.717) is 5.69 Å². The van der Waals surface area contributed by atoms with Crippen LogP contribution in [0.4, 0.5) is 16.2 Å². The molecule has 0 aliphatic carbocycles. The molecule has 1 amide bonds. The van der Waals surface area contributed by atoms with Gasteiger partial charge in [0, 0.05) is 12.7 Å². The summed E-state index contributed by atoms with van der Waals surface area (Å²) in [7, 11) is 1.68. The Kier molecular flexibility index (Phi) is 4.33. The monoisotopic (exact) mass is 238 g/mol. The molecule has 6 heteroatoms. The molecule has 92 valence electrons. The second-order valence-electron chi connectivity index (χ2n) is 3.16. The molecule has 0 saturated heterocycles. The van der Waals surface area contributed by atoms with Crippen LogP contribution in [0.5, 0.6) is 0 Å². The van der Waals surface area contributed by atoms with Gasteiger partial charge in [0.1, 0.15) is 0 Å². The van der Waals surface area contributed by atoms with Gasteiger partial charge in [-0.2, -0.15) is 0 Å². The second-order valence-corrected chi connectivity index (χ2v) is 3.16. The van der Waals surface area contributed by atoms with Crippen LogP contribution in [0.15, 0.2) is 18.2 Å². The smallest absolute Gasteiger partial charge is 0.411 e. The van der Waals surface area contributed by atoms with Gasteiger partial charge in [0.25, 0.3) is 0 Å². The number of rotatable bonds is 4. The van der Waals surface area contributed by atoms with Crippen LogP contribution < -0.4 is 10.6 Å². The third-order valence-corrected chi connectivity index (χ3v) is 2.05. The third-order valence-electron chi connectivity index (χ3n) is 2.05. The number of benzene rings is 1. The van der Waals surface area contributed by atoms with Crippen molar-refractivity contribution in [3.05, 3.63) is 23.8 Å². The second kappa shape index (κ2) is 5.74. The van der Waals surface area contributed by atoms with E-state index in [0.717, 1.165) is 0 Å². The average molecular weight is 238 g/mol. The molecule has 0 aliphatic rings. The van der Waals surface area contributed by atoms with Crippen molar-refractivity contribution in [3.8, 4) is 0 Å². The number of carbonyl (C=O) groups is 2. The molecule has 1 aromatic rings. The number of carboxylic acid groups (broad SMARTS) is 1. The van der Waals surface area contributed by atoms with E-state index >= 15 is 0 Å². The fourth-order valence-corrected chi connectivity index (χ4v) is 1.26. The fourth-order valence-electron chi connectivity index (χ4n) is 1.26. The summed E-state index contributed by atoms with van der Waals surface area (Å²) in [5.41, 5.74) is 0.858. The van der Waals surface area contributed by atoms with E-state index in [1.54, 1.807) is 20.0 Å². The summed E-state index contributed by atoms with van der Waals surface area (Å²) in [6.07, 6.45) is -0.674. The average Bonchev–Trinajstić information content (AvgIpc) is 2.29. The lowest BCUT2D eigenvalue weighted by atomic mass is 10.1. The lowest BCUT2D eigenvalue weighted by molar-refractivity contribution is 0.0698. The van der Waals surface area contributed by atoms with Crippen LogP contribution >= 0.6 is 0 Å². The molecule has 3 N–H and O–H groups in total. The van der Waals surface area contributed by atoms with Crippen molar-refractivity contribution in [3.63, 3.8) is 0 Å². The predicted octanol–water partition coefficient (Wildman–Crippen LogP) is 1.99. The minimum atomic E-state index is -1.12. The van der Waals surface area contributed by atoms with Crippen molar-refractivity contribution < 1.29 is 19.4 Å². The lowest BCUT2D eigenvalue weighted by Crippen LogP contribution is -2.16. The van der Waals surface area contributed by atoms with Crippen molar-refractivity contribution in [2.24, 2.45) is 0 Å². The molecule has 0 fully saturated rings. The van der Waals surface area contributed by atoms with E-state index in [2.05, 4.69) is 15.4 Å². The highest BCUT2D eigenvalue weighted by Gasteiger charge is 2.13. The van der Waals surface area contributed by atoms with Crippen molar-refractivity contribution in [2.45, 2.75) is 6.92 Å². The van der Waals surface area contributed by atoms with Gasteiger partial charge in [0.05, 0.1) is 17.9 Å². The molecule has 6 nitrogen and oxygen atoms in total. The Labute approximate surface area is 98.6 Å². The van der Waals surface area contributed by atoms with E-state index < -0.39 is 12.1 Å². The molecule has 0 unspecified atom stereocenters. The predicted molar refractivity (Wildman–Crippen MR) is 63.6 cm³/mol. The zero-order valence-electron chi connectivity index (χ0n) is 9.61. The standard InChI is InChI=1S/C11H14N2O4/c1-3-17-11(16)13-9-5-4-7(12-2)6-8(9)10(14)15/h4-6,12H,3H2,1-2H3,(H,13,16)(H,14,15). The van der Waals surface area contributed by atoms with Crippen molar-refractivity contribution in [1.82, 2.24) is 0 Å². The van der Waals surface area contributed by atoms with E-state index in [4.69, 9.17) is 5.11 Å². The number of hydrogen-bond donors (Lipinski definition) is 3. The van der Waals surface area contributed by atoms with E-state index in [1.165, 1.54) is 12.1 Å². The lowest BCUT2D eigenvalue weighted by Gasteiger charge is -2.10. The molecule has 17 heavy (non-hydrogen) atoms. The Balaban J connectivity index is 2.98. The van der Waals surface area contributed by atoms with E-state index in [-0.39, 0.29) is 17.9 Å². The van der Waals surface area contributed by atoms with Crippen molar-refractivity contribution in [1.29, 1.82) is 0 Å². The van der Waals surface area contributed by atoms with Gasteiger partial charge in [-0.05, 0) is 25.1 Å². The van der Waals surface area contributed by atoms with Gasteiger partial charge in [-0.25, -0.2) is 9.59 Å². The molecular formula is C11H14N2O4. The Bertz CT molecular complexity index is 431. The highest BCUT2D eigenvalue weighted by Crippen LogP contribution is 2.20. The first kappa shape index (κ1) is 12.8. The van der Waals surface area contributed by atoms with Crippen molar-refractivity contribution >= 4 is 23.4 Å². The van der Waals surface area contributed by atoms with Crippen LogP contribution in [0.2, 0.25) is 0 Å². The van der Waals surface area contributed by atoms with Gasteiger partial charge in [-0.1, -0.05) is 0 Å². The molecule has 1 aromatic carbocycles. The maximum Gasteiger partial charge on any atom is 0.411 e. The van der Waals surface area contributed by atoms with Gasteiger partial charge in [0.2, 0.25) is 0 Å². The molecule has 0 aromatic heterocycles. The quantitative estimate of drug-likeness (QED) is 0.746. The van der Waals surface area contributed by atoms with E-state index in [9.17, 15) is 9.59 Å². The molecule has 0 atom stereocenters. The van der Waals surface area contributed by atoms with Crippen molar-refractivity contribution in [2.75, 3.05) is 24.3 Å². The van der Waals surface area contributed by atoms with Crippen LogP contribution in [0.25, 0.3) is 0 Å². The van der Waals surface area contributed by atoms with Gasteiger partial charge in [-0.15, -0.1) is 0 Å². The van der Waals surface area contributed by atoms with Crippen LogP contribution in [0, 0.1) is 0 Å². The first-order valence-corrected chi connectivity index (χ1v) is 5.07. The number of ether oxygens (including phenoxy) is 1. The molecule has 0 aliphatic heterocycles. The topological polar surface area (TPSA) is 87.7 Å². The molecule has 1 rings (SSSR count). The first-order chi connectivity index (χ1) is 8.08. The Hall–Kier alpha value is -2.24. The normalized spacial score (nSPS) is 9.53. The summed E-state index contributed by atoms with van der Waals surface area (Å²) in [6.45, 7) is 1.89. The number of aromatic carboxylic acids is 1. The summed E-state index contributed by atoms with van der Waals surface area (Å²) < 4.78 is 4.68. The Morgan fingerprint density at radius 2 is 2.12 bits per heavy atom. The Morgan fingerprint density at radius 1 is 1.41 bits per heavy atom. The number of nitrogens with one attached hydrogen (secondary N) is 2. The van der Waals surface area contributed by atoms with Crippen LogP contribution in [-0.2, 0) is 4.74 Å². The van der Waals surface area contributed by atoms with Gasteiger partial charge in [-0.3, -0.25) is 5.32 Å². The number of hydrogen-bond acceptors (Lipinski definition) is 4. The van der Waals surface area contributed by atoms with E-state index in [1.807, 2.05) is 0 Å². The summed E-state index contributed by atoms with van der Waals surface area (Å²) in [6, 6.07) is 4.60. The van der Waals surface area contributed by atoms with Crippen LogP contribution in [0.1, 0.15) is 17.3 Å². The number of amides is 1. The molecule has 0 radical (unpaired) electrons. The largest absolute Gasteiger partial charge is 0.478 e. The molecule has 0 heterocycles. The highest BCUT2D eigenvalue weighted by atomic mass is 16.5. The van der Waals surface area contributed by atoms with Crippen LogP contribution in [0.3, 0.4) is 0 Å². The zero-order chi connectivity index (χ0) is 12.8. The third kappa shape index (κ3) is 3.37. The summed E-state index contributed by atoms with van der Waals surface area (Å²) in [5.74, 6) is -1.12. The fraction of sp³-hybridized carbons (Fsp3) is 0.273. The molecular weight excluding hydrogens is 224 g/mol. The van der Waals surface area contributed by atoms with Gasteiger partial charge < -0.3 is 15.2 Å². The SMILES string of the molecule is CCOC(=O)Nc1ccc(NC)cc1C(=O)O. The number of carbonyl (C=O) groups excluding carboxylic acids is 1. The highest BCUT2D eigenvalue weighted by molar-refractivity contribution is 5.99. The molecule has 0 bridgehead atoms. The molecule has 0 spiro atoms. The van der Waals surface area contributed by atoms with Gasteiger partial charge in [0.15, 0.2) is 0 Å². The first-order valence-electron chi connectivity index (χ1n) is 5.07. The summed E-state index contributed by atoms with van der Waals surface area (Å²) >= 11 is 0. The van der Waals surface area contributed by atoms with Crippen LogP contribution in [-0.4, -0.2) is 30.8 Å². The maximum atomic E-state index is 11.2.